The second-order valence-corrected chi connectivity index (χ2v) is 8.01. The summed E-state index contributed by atoms with van der Waals surface area (Å²) in [6.07, 6.45) is 5.44. The largest absolute Gasteiger partial charge is 0.490 e. The van der Waals surface area contributed by atoms with Crippen LogP contribution in [0.25, 0.3) is 0 Å². The van der Waals surface area contributed by atoms with Crippen LogP contribution in [0.1, 0.15) is 62.7 Å². The third kappa shape index (κ3) is 5.16. The van der Waals surface area contributed by atoms with Crippen molar-refractivity contribution in [2.45, 2.75) is 58.5 Å². The van der Waals surface area contributed by atoms with Gasteiger partial charge in [-0.2, -0.15) is 0 Å². The van der Waals surface area contributed by atoms with Crippen LogP contribution in [-0.2, 0) is 9.59 Å². The number of ether oxygens (including phenoxy) is 1. The summed E-state index contributed by atoms with van der Waals surface area (Å²) in [5.74, 6) is -2.72. The fourth-order valence-corrected chi connectivity index (χ4v) is 3.99. The zero-order valence-corrected chi connectivity index (χ0v) is 16.9. The topological polar surface area (TPSA) is 105 Å². The van der Waals surface area contributed by atoms with E-state index in [9.17, 15) is 19.5 Å². The van der Waals surface area contributed by atoms with Gasteiger partial charge in [0.1, 0.15) is 5.75 Å². The Hall–Kier alpha value is -2.83. The number of carbonyl (C=O) groups excluding carboxylic acids is 2. The summed E-state index contributed by atoms with van der Waals surface area (Å²) >= 11 is 0. The van der Waals surface area contributed by atoms with Gasteiger partial charge in [0.15, 0.2) is 0 Å². The van der Waals surface area contributed by atoms with E-state index < -0.39 is 29.6 Å². The zero-order chi connectivity index (χ0) is 21.0. The first kappa shape index (κ1) is 20.9. The average Bonchev–Trinajstić information content (AvgIpc) is 3.21. The molecule has 3 rings (SSSR count). The van der Waals surface area contributed by atoms with Gasteiger partial charge < -0.3 is 9.84 Å². The molecular weight excluding hydrogens is 372 g/mol. The Kier molecular flexibility index (Phi) is 6.56. The minimum atomic E-state index is -0.999. The maximum atomic E-state index is 12.5. The van der Waals surface area contributed by atoms with E-state index in [2.05, 4.69) is 10.9 Å². The Morgan fingerprint density at radius 2 is 1.52 bits per heavy atom. The minimum Gasteiger partial charge on any atom is -0.490 e. The van der Waals surface area contributed by atoms with Gasteiger partial charge in [-0.05, 0) is 76.6 Å². The second kappa shape index (κ2) is 9.11. The van der Waals surface area contributed by atoms with Crippen molar-refractivity contribution < 1.29 is 24.2 Å². The first-order valence-electron chi connectivity index (χ1n) is 10.1. The van der Waals surface area contributed by atoms with Crippen LogP contribution in [0, 0.1) is 11.8 Å². The molecule has 1 fully saturated rings. The standard InChI is InChI=1S/C22H28N2O5/c1-13-11-18(19(22(27)28)12-14(13)2)21(26)24-23-20(25)15-7-9-17(10-8-15)29-16-5-3-4-6-16/h7-10,16,18-19H,3-6,11-12H2,1-2H3,(H,23,25)(H,24,26)(H,27,28)/t18-,19+/m1/s1. The number of hydrogen-bond donors (Lipinski definition) is 3. The lowest BCUT2D eigenvalue weighted by atomic mass is 9.76. The number of benzene rings is 1. The highest BCUT2D eigenvalue weighted by Gasteiger charge is 2.37. The molecule has 0 saturated heterocycles. The van der Waals surface area contributed by atoms with E-state index in [0.717, 1.165) is 29.7 Å². The molecule has 7 heteroatoms. The van der Waals surface area contributed by atoms with Crippen LogP contribution in [-0.4, -0.2) is 29.0 Å². The van der Waals surface area contributed by atoms with Crippen molar-refractivity contribution in [3.63, 3.8) is 0 Å². The molecule has 0 heterocycles. The summed E-state index contributed by atoms with van der Waals surface area (Å²) < 4.78 is 5.88. The number of carboxylic acid groups (broad SMARTS) is 1. The van der Waals surface area contributed by atoms with Gasteiger partial charge in [-0.15, -0.1) is 0 Å². The summed E-state index contributed by atoms with van der Waals surface area (Å²) in [5, 5.41) is 9.44. The van der Waals surface area contributed by atoms with E-state index in [4.69, 9.17) is 4.74 Å². The second-order valence-electron chi connectivity index (χ2n) is 8.01. The molecule has 0 aliphatic heterocycles. The fourth-order valence-electron chi connectivity index (χ4n) is 3.99. The molecule has 2 amide bonds. The van der Waals surface area contributed by atoms with Crippen LogP contribution in [0.3, 0.4) is 0 Å². The van der Waals surface area contributed by atoms with Crippen LogP contribution >= 0.6 is 0 Å². The summed E-state index contributed by atoms with van der Waals surface area (Å²) in [6.45, 7) is 3.79. The van der Waals surface area contributed by atoms with Crippen LogP contribution in [0.15, 0.2) is 35.4 Å². The molecule has 1 aromatic rings. The smallest absolute Gasteiger partial charge is 0.307 e. The van der Waals surface area contributed by atoms with Crippen molar-refractivity contribution in [2.75, 3.05) is 0 Å². The van der Waals surface area contributed by atoms with E-state index in [-0.39, 0.29) is 6.10 Å². The Labute approximate surface area is 170 Å². The molecule has 29 heavy (non-hydrogen) atoms. The van der Waals surface area contributed by atoms with Crippen LogP contribution in [0.2, 0.25) is 0 Å². The molecule has 2 aliphatic rings. The first-order valence-corrected chi connectivity index (χ1v) is 10.1. The molecule has 7 nitrogen and oxygen atoms in total. The van der Waals surface area contributed by atoms with E-state index in [1.807, 2.05) is 13.8 Å². The quantitative estimate of drug-likeness (QED) is 0.520. The van der Waals surface area contributed by atoms with Gasteiger partial charge in [-0.25, -0.2) is 0 Å². The third-order valence-electron chi connectivity index (χ3n) is 5.94. The summed E-state index contributed by atoms with van der Waals surface area (Å²) in [5.41, 5.74) is 7.18. The molecule has 0 aromatic heterocycles. The number of allylic oxidation sites excluding steroid dienone is 2. The Bertz CT molecular complexity index is 809. The molecule has 0 unspecified atom stereocenters. The number of aliphatic carboxylic acids is 1. The molecular formula is C22H28N2O5. The number of amides is 2. The Morgan fingerprint density at radius 1 is 0.931 bits per heavy atom. The summed E-state index contributed by atoms with van der Waals surface area (Å²) in [7, 11) is 0. The van der Waals surface area contributed by atoms with Crippen molar-refractivity contribution >= 4 is 17.8 Å². The monoisotopic (exact) mass is 400 g/mol. The lowest BCUT2D eigenvalue weighted by Gasteiger charge is -2.29. The first-order chi connectivity index (χ1) is 13.8. The number of nitrogens with one attached hydrogen (secondary N) is 2. The van der Waals surface area contributed by atoms with E-state index >= 15 is 0 Å². The molecule has 2 atom stereocenters. The van der Waals surface area contributed by atoms with Crippen molar-refractivity contribution in [2.24, 2.45) is 11.8 Å². The van der Waals surface area contributed by atoms with Gasteiger partial charge in [0.05, 0.1) is 17.9 Å². The minimum absolute atomic E-state index is 0.243. The Morgan fingerprint density at radius 3 is 2.10 bits per heavy atom. The van der Waals surface area contributed by atoms with Gasteiger partial charge in [0.25, 0.3) is 5.91 Å². The van der Waals surface area contributed by atoms with Crippen LogP contribution in [0.5, 0.6) is 5.75 Å². The van der Waals surface area contributed by atoms with Crippen molar-refractivity contribution in [1.82, 2.24) is 10.9 Å². The SMILES string of the molecule is CC1=C(C)C[C@@H](C(=O)NNC(=O)c2ccc(OC3CCCC3)cc2)[C@@H](C(=O)O)C1. The van der Waals surface area contributed by atoms with Gasteiger partial charge in [0.2, 0.25) is 5.91 Å². The highest BCUT2D eigenvalue weighted by molar-refractivity contribution is 5.96. The van der Waals surface area contributed by atoms with E-state index in [0.29, 0.717) is 18.4 Å². The summed E-state index contributed by atoms with van der Waals surface area (Å²) in [6, 6.07) is 6.77. The molecule has 3 N–H and O–H groups in total. The number of carbonyl (C=O) groups is 3. The average molecular weight is 400 g/mol. The normalized spacial score (nSPS) is 22.3. The number of hydrogen-bond acceptors (Lipinski definition) is 4. The van der Waals surface area contributed by atoms with E-state index in [1.165, 1.54) is 12.8 Å². The lowest BCUT2D eigenvalue weighted by molar-refractivity contribution is -0.147. The van der Waals surface area contributed by atoms with Crippen LogP contribution < -0.4 is 15.6 Å². The Balaban J connectivity index is 1.55. The van der Waals surface area contributed by atoms with Gasteiger partial charge in [-0.3, -0.25) is 25.2 Å². The maximum absolute atomic E-state index is 12.5. The van der Waals surface area contributed by atoms with Crippen molar-refractivity contribution in [3.05, 3.63) is 41.0 Å². The lowest BCUT2D eigenvalue weighted by Crippen LogP contribution is -2.48. The number of hydrazine groups is 1. The highest BCUT2D eigenvalue weighted by atomic mass is 16.5. The molecule has 1 saturated carbocycles. The van der Waals surface area contributed by atoms with Gasteiger partial charge in [0, 0.05) is 5.56 Å². The molecule has 0 radical (unpaired) electrons. The third-order valence-corrected chi connectivity index (χ3v) is 5.94. The molecule has 1 aromatic carbocycles. The van der Waals surface area contributed by atoms with Crippen molar-refractivity contribution in [3.8, 4) is 5.75 Å². The summed E-state index contributed by atoms with van der Waals surface area (Å²) in [4.78, 5) is 36.4. The maximum Gasteiger partial charge on any atom is 0.307 e. The molecule has 0 spiro atoms. The predicted octanol–water partition coefficient (Wildman–Crippen LogP) is 3.22. The van der Waals surface area contributed by atoms with Gasteiger partial charge >= 0.3 is 5.97 Å². The van der Waals surface area contributed by atoms with Crippen molar-refractivity contribution in [1.29, 1.82) is 0 Å². The molecule has 156 valence electrons. The highest BCUT2D eigenvalue weighted by Crippen LogP contribution is 2.34. The zero-order valence-electron chi connectivity index (χ0n) is 16.9. The molecule has 2 aliphatic carbocycles. The predicted molar refractivity (Wildman–Crippen MR) is 107 cm³/mol. The molecule has 0 bridgehead atoms. The van der Waals surface area contributed by atoms with Gasteiger partial charge in [-0.1, -0.05) is 11.1 Å². The number of rotatable bonds is 5. The number of carboxylic acids is 1. The van der Waals surface area contributed by atoms with Crippen LogP contribution in [0.4, 0.5) is 0 Å². The fraction of sp³-hybridized carbons (Fsp3) is 0.500. The van der Waals surface area contributed by atoms with E-state index in [1.54, 1.807) is 24.3 Å².